The van der Waals surface area contributed by atoms with Crippen LogP contribution in [0.25, 0.3) is 0 Å². The van der Waals surface area contributed by atoms with Gasteiger partial charge in [0.25, 0.3) is 5.69 Å². The van der Waals surface area contributed by atoms with Gasteiger partial charge in [-0.1, -0.05) is 0 Å². The summed E-state index contributed by atoms with van der Waals surface area (Å²) in [5.41, 5.74) is 0.180. The first-order valence-electron chi connectivity index (χ1n) is 5.79. The molecule has 0 aromatic heterocycles. The number of hydrogen-bond donors (Lipinski definition) is 1. The fourth-order valence-corrected chi connectivity index (χ4v) is 2.11. The van der Waals surface area contributed by atoms with Gasteiger partial charge in [0.05, 0.1) is 29.7 Å². The number of carbonyl (C=O) groups is 2. The monoisotopic (exact) mass is 280 g/mol. The van der Waals surface area contributed by atoms with Gasteiger partial charge in [0, 0.05) is 19.0 Å². The van der Waals surface area contributed by atoms with Gasteiger partial charge in [-0.25, -0.2) is 0 Å². The molecule has 1 fully saturated rings. The number of hydrogen-bond acceptors (Lipinski definition) is 5. The smallest absolute Gasteiger partial charge is 0.308 e. The SMILES string of the molecule is COc1cc([N+](=O)[O-])ccc1N1C[C@@H](C(=O)O)CC1=O. The van der Waals surface area contributed by atoms with Gasteiger partial charge < -0.3 is 14.7 Å². The largest absolute Gasteiger partial charge is 0.494 e. The predicted octanol–water partition coefficient (Wildman–Crippen LogP) is 1.04. The van der Waals surface area contributed by atoms with Crippen LogP contribution in [0.5, 0.6) is 5.75 Å². The molecule has 20 heavy (non-hydrogen) atoms. The zero-order valence-electron chi connectivity index (χ0n) is 10.6. The van der Waals surface area contributed by atoms with Crippen molar-refractivity contribution in [2.75, 3.05) is 18.6 Å². The molecule has 1 aliphatic rings. The van der Waals surface area contributed by atoms with Crippen molar-refractivity contribution in [2.45, 2.75) is 6.42 Å². The number of nitrogens with zero attached hydrogens (tertiary/aromatic N) is 2. The number of rotatable bonds is 4. The summed E-state index contributed by atoms with van der Waals surface area (Å²) in [5.74, 6) is -1.99. The number of carbonyl (C=O) groups excluding carboxylic acids is 1. The maximum atomic E-state index is 11.8. The van der Waals surface area contributed by atoms with Crippen LogP contribution in [0.3, 0.4) is 0 Å². The average Bonchev–Trinajstić information content (AvgIpc) is 2.80. The molecule has 2 rings (SSSR count). The van der Waals surface area contributed by atoms with Gasteiger partial charge in [-0.15, -0.1) is 0 Å². The van der Waals surface area contributed by atoms with Crippen LogP contribution < -0.4 is 9.64 Å². The van der Waals surface area contributed by atoms with Gasteiger partial charge >= 0.3 is 5.97 Å². The molecule has 0 bridgehead atoms. The van der Waals surface area contributed by atoms with Gasteiger partial charge in [-0.3, -0.25) is 19.7 Å². The van der Waals surface area contributed by atoms with Crippen molar-refractivity contribution >= 4 is 23.3 Å². The van der Waals surface area contributed by atoms with Crippen LogP contribution >= 0.6 is 0 Å². The lowest BCUT2D eigenvalue weighted by molar-refractivity contribution is -0.384. The van der Waals surface area contributed by atoms with Crippen LogP contribution in [0.1, 0.15) is 6.42 Å². The van der Waals surface area contributed by atoms with E-state index in [0.717, 1.165) is 0 Å². The molecular formula is C12H12N2O6. The van der Waals surface area contributed by atoms with Crippen molar-refractivity contribution in [3.63, 3.8) is 0 Å². The summed E-state index contributed by atoms with van der Waals surface area (Å²) < 4.78 is 5.05. The number of ether oxygens (including phenoxy) is 1. The van der Waals surface area contributed by atoms with Crippen LogP contribution in [-0.2, 0) is 9.59 Å². The van der Waals surface area contributed by atoms with Crippen molar-refractivity contribution in [3.8, 4) is 5.75 Å². The van der Waals surface area contributed by atoms with Crippen LogP contribution in [0.2, 0.25) is 0 Å². The third-order valence-corrected chi connectivity index (χ3v) is 3.14. The Labute approximate surface area is 113 Å². The topological polar surface area (TPSA) is 110 Å². The van der Waals surface area contributed by atoms with Gasteiger partial charge in [-0.05, 0) is 6.07 Å². The highest BCUT2D eigenvalue weighted by Crippen LogP contribution is 2.35. The fraction of sp³-hybridized carbons (Fsp3) is 0.333. The van der Waals surface area contributed by atoms with Crippen molar-refractivity contribution < 1.29 is 24.4 Å². The van der Waals surface area contributed by atoms with E-state index in [1.807, 2.05) is 0 Å². The third-order valence-electron chi connectivity index (χ3n) is 3.14. The molecule has 0 saturated carbocycles. The van der Waals surface area contributed by atoms with Crippen LogP contribution in [0, 0.1) is 16.0 Å². The molecular weight excluding hydrogens is 268 g/mol. The number of methoxy groups -OCH3 is 1. The minimum atomic E-state index is -1.04. The zero-order valence-corrected chi connectivity index (χ0v) is 10.6. The van der Waals surface area contributed by atoms with E-state index in [-0.39, 0.29) is 30.3 Å². The number of carboxylic acids is 1. The Morgan fingerprint density at radius 2 is 2.25 bits per heavy atom. The number of amides is 1. The van der Waals surface area contributed by atoms with Gasteiger partial charge in [0.15, 0.2) is 0 Å². The molecule has 1 aromatic rings. The van der Waals surface area contributed by atoms with E-state index < -0.39 is 16.8 Å². The lowest BCUT2D eigenvalue weighted by Gasteiger charge is -2.18. The highest BCUT2D eigenvalue weighted by atomic mass is 16.6. The molecule has 1 atom stereocenters. The van der Waals surface area contributed by atoms with Gasteiger partial charge in [0.1, 0.15) is 5.75 Å². The van der Waals surface area contributed by atoms with Crippen molar-refractivity contribution in [2.24, 2.45) is 5.92 Å². The Morgan fingerprint density at radius 3 is 2.75 bits per heavy atom. The summed E-state index contributed by atoms with van der Waals surface area (Å²) in [4.78, 5) is 34.2. The molecule has 1 amide bonds. The Kier molecular flexibility index (Phi) is 3.55. The first-order valence-corrected chi connectivity index (χ1v) is 5.79. The average molecular weight is 280 g/mol. The minimum Gasteiger partial charge on any atom is -0.494 e. The molecule has 0 spiro atoms. The molecule has 0 unspecified atom stereocenters. The zero-order chi connectivity index (χ0) is 14.9. The van der Waals surface area contributed by atoms with E-state index in [2.05, 4.69) is 0 Å². The first kappa shape index (κ1) is 13.8. The van der Waals surface area contributed by atoms with E-state index in [1.54, 1.807) is 0 Å². The minimum absolute atomic E-state index is 0.0301. The summed E-state index contributed by atoms with van der Waals surface area (Å²) in [5, 5.41) is 19.6. The van der Waals surface area contributed by atoms with Crippen LogP contribution in [0.15, 0.2) is 18.2 Å². The number of aliphatic carboxylic acids is 1. The third kappa shape index (κ3) is 2.40. The number of non-ortho nitro benzene ring substituents is 1. The summed E-state index contributed by atoms with van der Waals surface area (Å²) in [6.45, 7) is 0.0301. The van der Waals surface area contributed by atoms with Crippen molar-refractivity contribution in [1.29, 1.82) is 0 Å². The van der Waals surface area contributed by atoms with Crippen molar-refractivity contribution in [3.05, 3.63) is 28.3 Å². The summed E-state index contributed by atoms with van der Waals surface area (Å²) in [6, 6.07) is 3.84. The number of benzene rings is 1. The maximum Gasteiger partial charge on any atom is 0.308 e. The molecule has 0 radical (unpaired) electrons. The molecule has 8 heteroatoms. The highest BCUT2D eigenvalue weighted by molar-refractivity contribution is 6.00. The van der Waals surface area contributed by atoms with E-state index in [9.17, 15) is 19.7 Å². The van der Waals surface area contributed by atoms with Crippen LogP contribution in [0.4, 0.5) is 11.4 Å². The Bertz CT molecular complexity index is 585. The van der Waals surface area contributed by atoms with Gasteiger partial charge in [-0.2, -0.15) is 0 Å². The van der Waals surface area contributed by atoms with Gasteiger partial charge in [0.2, 0.25) is 5.91 Å². The van der Waals surface area contributed by atoms with Crippen LogP contribution in [-0.4, -0.2) is 35.6 Å². The normalized spacial score (nSPS) is 18.1. The number of nitro benzene ring substituents is 1. The second-order valence-electron chi connectivity index (χ2n) is 4.36. The molecule has 8 nitrogen and oxygen atoms in total. The van der Waals surface area contributed by atoms with E-state index in [1.165, 1.54) is 30.2 Å². The standard InChI is InChI=1S/C12H12N2O6/c1-20-10-5-8(14(18)19)2-3-9(10)13-6-7(12(16)17)4-11(13)15/h2-3,5,7H,4,6H2,1H3,(H,16,17)/t7-/m0/s1. The Balaban J connectivity index is 2.35. The lowest BCUT2D eigenvalue weighted by Crippen LogP contribution is -2.26. The number of anilines is 1. The molecule has 0 aliphatic carbocycles. The Hall–Kier alpha value is -2.64. The van der Waals surface area contributed by atoms with Crippen molar-refractivity contribution in [1.82, 2.24) is 0 Å². The Morgan fingerprint density at radius 1 is 1.55 bits per heavy atom. The number of carboxylic acid groups (broad SMARTS) is 1. The summed E-state index contributed by atoms with van der Waals surface area (Å²) in [7, 11) is 1.33. The predicted molar refractivity (Wildman–Crippen MR) is 67.7 cm³/mol. The van der Waals surface area contributed by atoms with E-state index in [4.69, 9.17) is 9.84 Å². The second-order valence-corrected chi connectivity index (χ2v) is 4.36. The maximum absolute atomic E-state index is 11.8. The lowest BCUT2D eigenvalue weighted by atomic mass is 10.1. The quantitative estimate of drug-likeness (QED) is 0.651. The first-order chi connectivity index (χ1) is 9.43. The molecule has 1 N–H and O–H groups in total. The second kappa shape index (κ2) is 5.16. The molecule has 1 aliphatic heterocycles. The molecule has 1 saturated heterocycles. The number of nitro groups is 1. The van der Waals surface area contributed by atoms with E-state index in [0.29, 0.717) is 5.69 Å². The molecule has 106 valence electrons. The summed E-state index contributed by atoms with van der Waals surface area (Å²) >= 11 is 0. The van der Waals surface area contributed by atoms with E-state index >= 15 is 0 Å². The fourth-order valence-electron chi connectivity index (χ4n) is 2.11. The molecule has 1 aromatic carbocycles. The highest BCUT2D eigenvalue weighted by Gasteiger charge is 2.36. The molecule has 1 heterocycles. The summed E-state index contributed by atoms with van der Waals surface area (Å²) in [6.07, 6.45) is -0.0878.